The molecule has 0 aliphatic carbocycles. The van der Waals surface area contributed by atoms with Gasteiger partial charge in [0.05, 0.1) is 11.3 Å². The van der Waals surface area contributed by atoms with Crippen molar-refractivity contribution in [2.24, 2.45) is 0 Å². The standard InChI is InChI=1S/C13H6BrF4NO/c14-7-3-1-2-4-9(7)19-13(20)6-5-8(15)11(17)12(18)10(6)16/h1-5H,(H,19,20). The number of para-hydroxylation sites is 1. The number of rotatable bonds is 2. The SMILES string of the molecule is O=C(Nc1ccccc1Br)c1cc(F)c(F)c(F)c1F. The highest BCUT2D eigenvalue weighted by atomic mass is 79.9. The highest BCUT2D eigenvalue weighted by Gasteiger charge is 2.23. The van der Waals surface area contributed by atoms with Gasteiger partial charge in [-0.2, -0.15) is 0 Å². The zero-order chi connectivity index (χ0) is 14.9. The number of amides is 1. The van der Waals surface area contributed by atoms with E-state index in [1.165, 1.54) is 6.07 Å². The Bertz CT molecular complexity index is 690. The zero-order valence-corrected chi connectivity index (χ0v) is 11.3. The molecule has 2 nitrogen and oxygen atoms in total. The van der Waals surface area contributed by atoms with Crippen LogP contribution in [0.15, 0.2) is 34.8 Å². The largest absolute Gasteiger partial charge is 0.321 e. The van der Waals surface area contributed by atoms with E-state index < -0.39 is 34.7 Å². The Morgan fingerprint density at radius 1 is 1.00 bits per heavy atom. The van der Waals surface area contributed by atoms with Gasteiger partial charge in [0.1, 0.15) is 0 Å². The molecule has 0 radical (unpaired) electrons. The third-order valence-electron chi connectivity index (χ3n) is 2.47. The second kappa shape index (κ2) is 5.62. The van der Waals surface area contributed by atoms with Crippen LogP contribution < -0.4 is 5.32 Å². The Morgan fingerprint density at radius 3 is 2.30 bits per heavy atom. The van der Waals surface area contributed by atoms with Gasteiger partial charge in [-0.25, -0.2) is 17.6 Å². The van der Waals surface area contributed by atoms with Crippen LogP contribution in [-0.2, 0) is 0 Å². The van der Waals surface area contributed by atoms with E-state index in [0.29, 0.717) is 10.5 Å². The van der Waals surface area contributed by atoms with Crippen LogP contribution in [0.2, 0.25) is 0 Å². The summed E-state index contributed by atoms with van der Waals surface area (Å²) in [5.41, 5.74) is -0.640. The second-order valence-corrected chi connectivity index (χ2v) is 4.64. The van der Waals surface area contributed by atoms with Gasteiger partial charge in [-0.3, -0.25) is 4.79 Å². The molecule has 7 heteroatoms. The van der Waals surface area contributed by atoms with Crippen molar-refractivity contribution in [2.75, 3.05) is 5.32 Å². The maximum Gasteiger partial charge on any atom is 0.258 e. The zero-order valence-electron chi connectivity index (χ0n) is 9.68. The molecule has 0 spiro atoms. The molecule has 2 aromatic rings. The molecule has 0 aromatic heterocycles. The van der Waals surface area contributed by atoms with Gasteiger partial charge in [-0.1, -0.05) is 12.1 Å². The maximum absolute atomic E-state index is 13.4. The van der Waals surface area contributed by atoms with Gasteiger partial charge in [0.25, 0.3) is 5.91 Å². The summed E-state index contributed by atoms with van der Waals surface area (Å²) in [6.07, 6.45) is 0. The van der Waals surface area contributed by atoms with Crippen LogP contribution in [0.25, 0.3) is 0 Å². The molecule has 0 aliphatic heterocycles. The molecule has 0 aliphatic rings. The first kappa shape index (κ1) is 14.5. The van der Waals surface area contributed by atoms with Crippen LogP contribution in [-0.4, -0.2) is 5.91 Å². The second-order valence-electron chi connectivity index (χ2n) is 3.78. The van der Waals surface area contributed by atoms with Gasteiger partial charge in [0, 0.05) is 4.47 Å². The summed E-state index contributed by atoms with van der Waals surface area (Å²) in [4.78, 5) is 11.8. The predicted octanol–water partition coefficient (Wildman–Crippen LogP) is 4.26. The molecule has 0 unspecified atom stereocenters. The predicted molar refractivity (Wildman–Crippen MR) is 68.4 cm³/mol. The highest BCUT2D eigenvalue weighted by Crippen LogP contribution is 2.24. The monoisotopic (exact) mass is 347 g/mol. The minimum atomic E-state index is -2.03. The van der Waals surface area contributed by atoms with E-state index in [4.69, 9.17) is 0 Å². The summed E-state index contributed by atoms with van der Waals surface area (Å²) in [6.45, 7) is 0. The lowest BCUT2D eigenvalue weighted by molar-refractivity contribution is 0.102. The van der Waals surface area contributed by atoms with Crippen LogP contribution >= 0.6 is 15.9 Å². The molecule has 1 N–H and O–H groups in total. The average Bonchev–Trinajstić information content (AvgIpc) is 2.43. The number of hydrogen-bond acceptors (Lipinski definition) is 1. The van der Waals surface area contributed by atoms with Gasteiger partial charge in [-0.15, -0.1) is 0 Å². The molecule has 104 valence electrons. The summed E-state index contributed by atoms with van der Waals surface area (Å²) < 4.78 is 52.8. The average molecular weight is 348 g/mol. The van der Waals surface area contributed by atoms with Crippen LogP contribution in [0, 0.1) is 23.3 Å². The van der Waals surface area contributed by atoms with Gasteiger partial charge in [0.15, 0.2) is 23.3 Å². The number of nitrogens with one attached hydrogen (secondary N) is 1. The molecule has 20 heavy (non-hydrogen) atoms. The van der Waals surface area contributed by atoms with Crippen LogP contribution in [0.1, 0.15) is 10.4 Å². The van der Waals surface area contributed by atoms with E-state index in [-0.39, 0.29) is 5.69 Å². The van der Waals surface area contributed by atoms with E-state index >= 15 is 0 Å². The van der Waals surface area contributed by atoms with Crippen molar-refractivity contribution in [3.63, 3.8) is 0 Å². The molecule has 0 heterocycles. The molecular formula is C13H6BrF4NO. The molecule has 2 rings (SSSR count). The molecular weight excluding hydrogens is 342 g/mol. The third-order valence-corrected chi connectivity index (χ3v) is 3.16. The van der Waals surface area contributed by atoms with E-state index in [1.807, 2.05) is 0 Å². The normalized spacial score (nSPS) is 10.4. The summed E-state index contributed by atoms with van der Waals surface area (Å²) in [6, 6.07) is 6.69. The first-order chi connectivity index (χ1) is 9.41. The molecule has 0 bridgehead atoms. The van der Waals surface area contributed by atoms with Crippen molar-refractivity contribution in [3.8, 4) is 0 Å². The summed E-state index contributed by atoms with van der Waals surface area (Å²) in [5, 5.41) is 2.26. The molecule has 0 saturated heterocycles. The lowest BCUT2D eigenvalue weighted by atomic mass is 10.1. The van der Waals surface area contributed by atoms with Gasteiger partial charge < -0.3 is 5.32 Å². The summed E-state index contributed by atoms with van der Waals surface area (Å²) in [7, 11) is 0. The Hall–Kier alpha value is -1.89. The van der Waals surface area contributed by atoms with Gasteiger partial charge >= 0.3 is 0 Å². The van der Waals surface area contributed by atoms with Crippen molar-refractivity contribution in [1.29, 1.82) is 0 Å². The van der Waals surface area contributed by atoms with E-state index in [9.17, 15) is 22.4 Å². The number of benzene rings is 2. The first-order valence-corrected chi connectivity index (χ1v) is 6.10. The number of anilines is 1. The van der Waals surface area contributed by atoms with Crippen molar-refractivity contribution in [2.45, 2.75) is 0 Å². The Kier molecular flexibility index (Phi) is 4.08. The minimum absolute atomic E-state index is 0.280. The van der Waals surface area contributed by atoms with Gasteiger partial charge in [0.2, 0.25) is 0 Å². The first-order valence-electron chi connectivity index (χ1n) is 5.30. The summed E-state index contributed by atoms with van der Waals surface area (Å²) in [5.74, 6) is -8.45. The molecule has 2 aromatic carbocycles. The van der Waals surface area contributed by atoms with Gasteiger partial charge in [-0.05, 0) is 34.1 Å². The fraction of sp³-hybridized carbons (Fsp3) is 0. The fourth-order valence-corrected chi connectivity index (χ4v) is 1.87. The molecule has 0 fully saturated rings. The number of halogens is 5. The lowest BCUT2D eigenvalue weighted by Crippen LogP contribution is -2.16. The number of carbonyl (C=O) groups excluding carboxylic acids is 1. The van der Waals surface area contributed by atoms with E-state index in [0.717, 1.165) is 0 Å². The quantitative estimate of drug-likeness (QED) is 0.491. The lowest BCUT2D eigenvalue weighted by Gasteiger charge is -2.09. The molecule has 1 amide bonds. The molecule has 0 atom stereocenters. The van der Waals surface area contributed by atoms with Crippen molar-refractivity contribution in [3.05, 3.63) is 63.6 Å². The highest BCUT2D eigenvalue weighted by molar-refractivity contribution is 9.10. The van der Waals surface area contributed by atoms with E-state index in [1.54, 1.807) is 18.2 Å². The Balaban J connectivity index is 2.38. The third kappa shape index (κ3) is 2.67. The van der Waals surface area contributed by atoms with E-state index in [2.05, 4.69) is 21.2 Å². The van der Waals surface area contributed by atoms with Crippen molar-refractivity contribution >= 4 is 27.5 Å². The van der Waals surface area contributed by atoms with Crippen LogP contribution in [0.4, 0.5) is 23.2 Å². The topological polar surface area (TPSA) is 29.1 Å². The van der Waals surface area contributed by atoms with Crippen LogP contribution in [0.5, 0.6) is 0 Å². The maximum atomic E-state index is 13.4. The summed E-state index contributed by atoms with van der Waals surface area (Å²) >= 11 is 3.14. The van der Waals surface area contributed by atoms with Crippen LogP contribution in [0.3, 0.4) is 0 Å². The molecule has 0 saturated carbocycles. The number of hydrogen-bond donors (Lipinski definition) is 1. The Labute approximate surface area is 119 Å². The minimum Gasteiger partial charge on any atom is -0.321 e. The van der Waals surface area contributed by atoms with Crippen molar-refractivity contribution < 1.29 is 22.4 Å². The fourth-order valence-electron chi connectivity index (χ4n) is 1.49. The smallest absolute Gasteiger partial charge is 0.258 e. The van der Waals surface area contributed by atoms with Crippen molar-refractivity contribution in [1.82, 2.24) is 0 Å². The Morgan fingerprint density at radius 2 is 1.65 bits per heavy atom. The number of carbonyl (C=O) groups is 1.